The van der Waals surface area contributed by atoms with Gasteiger partial charge in [0.25, 0.3) is 5.91 Å². The SMILES string of the molecule is COc1ccc(C(=O)NCCc2nccs2)cc1S(=O)(=O)NC(C)(C)C. The Hall–Kier alpha value is -1.97. The van der Waals surface area contributed by atoms with E-state index in [2.05, 4.69) is 15.0 Å². The molecule has 0 saturated heterocycles. The van der Waals surface area contributed by atoms with Crippen molar-refractivity contribution in [3.8, 4) is 5.75 Å². The van der Waals surface area contributed by atoms with E-state index in [4.69, 9.17) is 4.74 Å². The summed E-state index contributed by atoms with van der Waals surface area (Å²) >= 11 is 1.52. The predicted octanol–water partition coefficient (Wildman–Crippen LogP) is 2.20. The van der Waals surface area contributed by atoms with Crippen molar-refractivity contribution in [2.45, 2.75) is 37.6 Å². The molecular formula is C17H23N3O4S2. The average molecular weight is 398 g/mol. The highest BCUT2D eigenvalue weighted by molar-refractivity contribution is 7.89. The zero-order chi connectivity index (χ0) is 19.4. The number of nitrogens with zero attached hydrogens (tertiary/aromatic N) is 1. The van der Waals surface area contributed by atoms with Crippen molar-refractivity contribution in [1.29, 1.82) is 0 Å². The second-order valence-electron chi connectivity index (χ2n) is 6.65. The van der Waals surface area contributed by atoms with Crippen LogP contribution < -0.4 is 14.8 Å². The molecule has 26 heavy (non-hydrogen) atoms. The molecule has 0 radical (unpaired) electrons. The summed E-state index contributed by atoms with van der Waals surface area (Å²) in [7, 11) is -2.45. The number of rotatable bonds is 7. The summed E-state index contributed by atoms with van der Waals surface area (Å²) in [6.45, 7) is 5.64. The standard InChI is InChI=1S/C17H23N3O4S2/c1-17(2,3)20-26(22,23)14-11-12(5-6-13(14)24-4)16(21)19-8-7-15-18-9-10-25-15/h5-6,9-11,20H,7-8H2,1-4H3,(H,19,21). The zero-order valence-corrected chi connectivity index (χ0v) is 16.8. The van der Waals surface area contributed by atoms with Crippen molar-refractivity contribution in [1.82, 2.24) is 15.0 Å². The van der Waals surface area contributed by atoms with Crippen LogP contribution in [0.25, 0.3) is 0 Å². The van der Waals surface area contributed by atoms with E-state index in [-0.39, 0.29) is 22.1 Å². The number of benzene rings is 1. The number of carbonyl (C=O) groups excluding carboxylic acids is 1. The minimum atomic E-state index is -3.84. The smallest absolute Gasteiger partial charge is 0.251 e. The monoisotopic (exact) mass is 397 g/mol. The van der Waals surface area contributed by atoms with Crippen LogP contribution >= 0.6 is 11.3 Å². The van der Waals surface area contributed by atoms with Crippen LogP contribution in [0.4, 0.5) is 0 Å². The van der Waals surface area contributed by atoms with Crippen LogP contribution in [0, 0.1) is 0 Å². The second kappa shape index (κ2) is 8.15. The summed E-state index contributed by atoms with van der Waals surface area (Å²) in [5, 5.41) is 5.58. The lowest BCUT2D eigenvalue weighted by Gasteiger charge is -2.21. The number of nitrogens with one attached hydrogen (secondary N) is 2. The summed E-state index contributed by atoms with van der Waals surface area (Å²) in [5.41, 5.74) is -0.408. The van der Waals surface area contributed by atoms with Crippen molar-refractivity contribution in [3.05, 3.63) is 40.3 Å². The number of hydrogen-bond acceptors (Lipinski definition) is 6. The van der Waals surface area contributed by atoms with Gasteiger partial charge in [-0.15, -0.1) is 11.3 Å². The van der Waals surface area contributed by atoms with E-state index in [0.29, 0.717) is 13.0 Å². The molecule has 1 heterocycles. The van der Waals surface area contributed by atoms with Gasteiger partial charge in [-0.1, -0.05) is 0 Å². The van der Waals surface area contributed by atoms with Gasteiger partial charge in [-0.05, 0) is 39.0 Å². The summed E-state index contributed by atoms with van der Waals surface area (Å²) in [5.74, 6) is -0.169. The maximum atomic E-state index is 12.6. The third-order valence-electron chi connectivity index (χ3n) is 3.26. The topological polar surface area (TPSA) is 97.4 Å². The minimum absolute atomic E-state index is 0.0671. The van der Waals surface area contributed by atoms with Gasteiger partial charge in [0.05, 0.1) is 12.1 Å². The molecular weight excluding hydrogens is 374 g/mol. The number of ether oxygens (including phenoxy) is 1. The molecule has 9 heteroatoms. The zero-order valence-electron chi connectivity index (χ0n) is 15.2. The third-order valence-corrected chi connectivity index (χ3v) is 5.88. The lowest BCUT2D eigenvalue weighted by Crippen LogP contribution is -2.40. The Bertz CT molecular complexity index is 857. The minimum Gasteiger partial charge on any atom is -0.495 e. The van der Waals surface area contributed by atoms with Crippen LogP contribution in [0.2, 0.25) is 0 Å². The Balaban J connectivity index is 2.18. The molecule has 142 valence electrons. The largest absolute Gasteiger partial charge is 0.495 e. The van der Waals surface area contributed by atoms with Crippen LogP contribution in [0.3, 0.4) is 0 Å². The maximum Gasteiger partial charge on any atom is 0.251 e. The van der Waals surface area contributed by atoms with E-state index in [0.717, 1.165) is 5.01 Å². The molecule has 1 aromatic heterocycles. The molecule has 0 aliphatic rings. The van der Waals surface area contributed by atoms with Crippen LogP contribution in [0.1, 0.15) is 36.1 Å². The first-order valence-corrected chi connectivity index (χ1v) is 10.4. The van der Waals surface area contributed by atoms with E-state index in [1.54, 1.807) is 27.0 Å². The lowest BCUT2D eigenvalue weighted by atomic mass is 10.1. The van der Waals surface area contributed by atoms with Gasteiger partial charge < -0.3 is 10.1 Å². The molecule has 2 rings (SSSR count). The molecule has 2 N–H and O–H groups in total. The number of thiazole rings is 1. The van der Waals surface area contributed by atoms with Gasteiger partial charge >= 0.3 is 0 Å². The molecule has 0 saturated carbocycles. The Morgan fingerprint density at radius 3 is 2.62 bits per heavy atom. The molecule has 0 aliphatic heterocycles. The average Bonchev–Trinajstić information content (AvgIpc) is 3.05. The van der Waals surface area contributed by atoms with Crippen molar-refractivity contribution < 1.29 is 17.9 Å². The van der Waals surface area contributed by atoms with Crippen LogP contribution in [0.15, 0.2) is 34.7 Å². The maximum absolute atomic E-state index is 12.6. The van der Waals surface area contributed by atoms with Gasteiger partial charge in [-0.2, -0.15) is 0 Å². The highest BCUT2D eigenvalue weighted by Crippen LogP contribution is 2.26. The Morgan fingerprint density at radius 2 is 2.04 bits per heavy atom. The van der Waals surface area contributed by atoms with Gasteiger partial charge in [0.2, 0.25) is 10.0 Å². The quantitative estimate of drug-likeness (QED) is 0.746. The van der Waals surface area contributed by atoms with Crippen molar-refractivity contribution in [3.63, 3.8) is 0 Å². The van der Waals surface area contributed by atoms with Gasteiger partial charge in [0, 0.05) is 35.6 Å². The summed E-state index contributed by atoms with van der Waals surface area (Å²) in [4.78, 5) is 16.4. The highest BCUT2D eigenvalue weighted by Gasteiger charge is 2.26. The summed E-state index contributed by atoms with van der Waals surface area (Å²) in [6.07, 6.45) is 2.33. The van der Waals surface area contributed by atoms with Crippen LogP contribution in [-0.2, 0) is 16.4 Å². The molecule has 0 fully saturated rings. The van der Waals surface area contributed by atoms with E-state index in [1.165, 1.54) is 36.6 Å². The molecule has 0 atom stereocenters. The fourth-order valence-corrected chi connectivity index (χ4v) is 4.48. The molecule has 2 aromatic rings. The number of sulfonamides is 1. The third kappa shape index (κ3) is 5.52. The molecule has 1 amide bonds. The molecule has 0 spiro atoms. The van der Waals surface area contributed by atoms with Gasteiger partial charge in [-0.3, -0.25) is 4.79 Å². The van der Waals surface area contributed by atoms with E-state index in [9.17, 15) is 13.2 Å². The number of methoxy groups -OCH3 is 1. The van der Waals surface area contributed by atoms with E-state index in [1.807, 2.05) is 5.38 Å². The first-order valence-electron chi connectivity index (χ1n) is 8.01. The molecule has 7 nitrogen and oxygen atoms in total. The fourth-order valence-electron chi connectivity index (χ4n) is 2.25. The number of aromatic nitrogens is 1. The first kappa shape index (κ1) is 20.3. The Labute approximate surface area is 157 Å². The number of amides is 1. The number of hydrogen-bond donors (Lipinski definition) is 2. The van der Waals surface area contributed by atoms with Crippen LogP contribution in [0.5, 0.6) is 5.75 Å². The van der Waals surface area contributed by atoms with Gasteiger partial charge in [-0.25, -0.2) is 18.1 Å². The molecule has 0 aliphatic carbocycles. The van der Waals surface area contributed by atoms with Crippen molar-refractivity contribution in [2.75, 3.05) is 13.7 Å². The van der Waals surface area contributed by atoms with Crippen molar-refractivity contribution >= 4 is 27.3 Å². The predicted molar refractivity (Wildman–Crippen MR) is 101 cm³/mol. The van der Waals surface area contributed by atoms with E-state index >= 15 is 0 Å². The van der Waals surface area contributed by atoms with E-state index < -0.39 is 15.6 Å². The fraction of sp³-hybridized carbons (Fsp3) is 0.412. The second-order valence-corrected chi connectivity index (χ2v) is 9.28. The molecule has 1 aromatic carbocycles. The van der Waals surface area contributed by atoms with Gasteiger partial charge in [0.15, 0.2) is 0 Å². The Kier molecular flexibility index (Phi) is 6.38. The summed E-state index contributed by atoms with van der Waals surface area (Å²) < 4.78 is 33.0. The molecule has 0 bridgehead atoms. The number of carbonyl (C=O) groups is 1. The first-order chi connectivity index (χ1) is 12.1. The lowest BCUT2D eigenvalue weighted by molar-refractivity contribution is 0.0954. The van der Waals surface area contributed by atoms with Crippen LogP contribution in [-0.4, -0.2) is 38.5 Å². The highest BCUT2D eigenvalue weighted by atomic mass is 32.2. The molecule has 0 unspecified atom stereocenters. The van der Waals surface area contributed by atoms with Crippen molar-refractivity contribution in [2.24, 2.45) is 0 Å². The normalized spacial score (nSPS) is 12.0. The summed E-state index contributed by atoms with van der Waals surface area (Å²) in [6, 6.07) is 4.34. The van der Waals surface area contributed by atoms with Gasteiger partial charge in [0.1, 0.15) is 10.6 Å². The Morgan fingerprint density at radius 1 is 1.31 bits per heavy atom.